The molecule has 2 rings (SSSR count). The van der Waals surface area contributed by atoms with E-state index in [0.29, 0.717) is 10.7 Å². The summed E-state index contributed by atoms with van der Waals surface area (Å²) in [6.07, 6.45) is 5.10. The topological polar surface area (TPSA) is 46.9 Å². The maximum absolute atomic E-state index is 12.1. The Morgan fingerprint density at radius 3 is 2.68 bits per heavy atom. The summed E-state index contributed by atoms with van der Waals surface area (Å²) < 4.78 is 1.78. The van der Waals surface area contributed by atoms with E-state index in [-0.39, 0.29) is 5.91 Å². The molecule has 100 valence electrons. The Morgan fingerprint density at radius 1 is 1.37 bits per heavy atom. The monoisotopic (exact) mass is 277 g/mol. The van der Waals surface area contributed by atoms with Crippen LogP contribution in [-0.2, 0) is 4.79 Å². The molecule has 0 saturated heterocycles. The van der Waals surface area contributed by atoms with Crippen molar-refractivity contribution in [1.29, 1.82) is 0 Å². The Bertz CT molecular complexity index is 585. The van der Waals surface area contributed by atoms with Gasteiger partial charge in [0.2, 0.25) is 5.91 Å². The van der Waals surface area contributed by atoms with E-state index >= 15 is 0 Å². The summed E-state index contributed by atoms with van der Waals surface area (Å²) in [5.74, 6) is -0.0591. The molecule has 1 N–H and O–H groups in total. The molecule has 1 aromatic carbocycles. The van der Waals surface area contributed by atoms with Crippen molar-refractivity contribution in [3.63, 3.8) is 0 Å². The zero-order valence-electron chi connectivity index (χ0n) is 11.1. The number of hydrogen-bond donors (Lipinski definition) is 1. The Hall–Kier alpha value is -1.81. The number of hydrogen-bond acceptors (Lipinski definition) is 2. The molecular formula is C14H16ClN3O. The molecule has 0 unspecified atom stereocenters. The third kappa shape index (κ3) is 2.96. The maximum atomic E-state index is 12.1. The van der Waals surface area contributed by atoms with Crippen molar-refractivity contribution in [2.45, 2.75) is 20.8 Å². The lowest BCUT2D eigenvalue weighted by Crippen LogP contribution is -2.28. The number of para-hydroxylation sites is 1. The largest absolute Gasteiger partial charge is 0.324 e. The number of nitrogens with one attached hydrogen (secondary N) is 1. The number of carbonyl (C=O) groups is 1. The van der Waals surface area contributed by atoms with Crippen LogP contribution >= 0.6 is 11.6 Å². The summed E-state index contributed by atoms with van der Waals surface area (Å²) in [5, 5.41) is 3.47. The number of halogens is 1. The molecular weight excluding hydrogens is 262 g/mol. The van der Waals surface area contributed by atoms with E-state index in [1.54, 1.807) is 35.4 Å². The van der Waals surface area contributed by atoms with Crippen molar-refractivity contribution in [2.75, 3.05) is 5.32 Å². The molecule has 0 aliphatic heterocycles. The van der Waals surface area contributed by atoms with E-state index in [1.807, 2.05) is 26.8 Å². The van der Waals surface area contributed by atoms with Crippen LogP contribution in [0.15, 0.2) is 36.9 Å². The fourth-order valence-corrected chi connectivity index (χ4v) is 1.85. The second kappa shape index (κ2) is 5.05. The highest BCUT2D eigenvalue weighted by Gasteiger charge is 2.22. The Balaban J connectivity index is 2.42. The molecule has 0 radical (unpaired) electrons. The average molecular weight is 278 g/mol. The number of aromatic nitrogens is 2. The van der Waals surface area contributed by atoms with Crippen molar-refractivity contribution in [1.82, 2.24) is 9.55 Å². The van der Waals surface area contributed by atoms with Crippen molar-refractivity contribution >= 4 is 23.2 Å². The Morgan fingerprint density at radius 2 is 2.11 bits per heavy atom. The zero-order valence-corrected chi connectivity index (χ0v) is 11.9. The quantitative estimate of drug-likeness (QED) is 0.913. The van der Waals surface area contributed by atoms with Crippen LogP contribution in [0.2, 0.25) is 5.02 Å². The Labute approximate surface area is 117 Å². The highest BCUT2D eigenvalue weighted by molar-refractivity contribution is 6.33. The first kappa shape index (κ1) is 13.6. The molecule has 1 heterocycles. The van der Waals surface area contributed by atoms with Gasteiger partial charge >= 0.3 is 0 Å². The summed E-state index contributed by atoms with van der Waals surface area (Å²) in [7, 11) is 0. The second-order valence-electron chi connectivity index (χ2n) is 5.31. The van der Waals surface area contributed by atoms with Crippen LogP contribution < -0.4 is 5.32 Å². The molecule has 1 aromatic heterocycles. The van der Waals surface area contributed by atoms with Gasteiger partial charge in [0.1, 0.15) is 0 Å². The van der Waals surface area contributed by atoms with E-state index in [0.717, 1.165) is 5.69 Å². The first-order valence-corrected chi connectivity index (χ1v) is 6.35. The van der Waals surface area contributed by atoms with Gasteiger partial charge in [0.25, 0.3) is 0 Å². The third-order valence-corrected chi connectivity index (χ3v) is 2.98. The van der Waals surface area contributed by atoms with E-state index in [9.17, 15) is 4.79 Å². The van der Waals surface area contributed by atoms with Crippen LogP contribution in [0, 0.1) is 5.41 Å². The molecule has 4 nitrogen and oxygen atoms in total. The third-order valence-electron chi connectivity index (χ3n) is 2.68. The van der Waals surface area contributed by atoms with Crippen LogP contribution in [-0.4, -0.2) is 15.5 Å². The lowest BCUT2D eigenvalue weighted by molar-refractivity contribution is -0.123. The second-order valence-corrected chi connectivity index (χ2v) is 5.72. The summed E-state index contributed by atoms with van der Waals surface area (Å²) in [5.41, 5.74) is 0.929. The van der Waals surface area contributed by atoms with Crippen molar-refractivity contribution in [3.05, 3.63) is 41.9 Å². The van der Waals surface area contributed by atoms with Gasteiger partial charge in [0.15, 0.2) is 0 Å². The van der Waals surface area contributed by atoms with Gasteiger partial charge in [0.05, 0.1) is 22.7 Å². The number of anilines is 1. The highest BCUT2D eigenvalue weighted by atomic mass is 35.5. The van der Waals surface area contributed by atoms with Crippen molar-refractivity contribution < 1.29 is 4.79 Å². The maximum Gasteiger partial charge on any atom is 0.229 e. The molecule has 0 aliphatic rings. The van der Waals surface area contributed by atoms with Gasteiger partial charge in [-0.3, -0.25) is 4.79 Å². The number of imidazole rings is 1. The van der Waals surface area contributed by atoms with E-state index in [4.69, 9.17) is 11.6 Å². The SMILES string of the molecule is CC(C)(C)C(=O)Nc1cccc(Cl)c1-n1ccnc1. The molecule has 0 atom stereocenters. The van der Waals surface area contributed by atoms with Gasteiger partial charge in [-0.1, -0.05) is 38.4 Å². The van der Waals surface area contributed by atoms with Crippen LogP contribution in [0.5, 0.6) is 0 Å². The Kier molecular flexibility index (Phi) is 3.62. The van der Waals surface area contributed by atoms with E-state index in [2.05, 4.69) is 10.3 Å². The van der Waals surface area contributed by atoms with E-state index in [1.165, 1.54) is 0 Å². The highest BCUT2D eigenvalue weighted by Crippen LogP contribution is 2.29. The van der Waals surface area contributed by atoms with Gasteiger partial charge in [-0.15, -0.1) is 0 Å². The lowest BCUT2D eigenvalue weighted by atomic mass is 9.95. The van der Waals surface area contributed by atoms with Gasteiger partial charge in [0, 0.05) is 17.8 Å². The summed E-state index contributed by atoms with van der Waals surface area (Å²) in [6, 6.07) is 5.41. The molecule has 1 amide bonds. The van der Waals surface area contributed by atoms with Crippen LogP contribution in [0.3, 0.4) is 0 Å². The van der Waals surface area contributed by atoms with Crippen LogP contribution in [0.4, 0.5) is 5.69 Å². The van der Waals surface area contributed by atoms with Crippen LogP contribution in [0.25, 0.3) is 5.69 Å². The standard InChI is InChI=1S/C14H16ClN3O/c1-14(2,3)13(19)17-11-6-4-5-10(15)12(11)18-8-7-16-9-18/h4-9H,1-3H3,(H,17,19). The van der Waals surface area contributed by atoms with Gasteiger partial charge in [-0.05, 0) is 12.1 Å². The number of benzene rings is 1. The van der Waals surface area contributed by atoms with Gasteiger partial charge in [-0.25, -0.2) is 4.98 Å². The molecule has 0 fully saturated rings. The smallest absolute Gasteiger partial charge is 0.229 e. The number of amides is 1. The van der Waals surface area contributed by atoms with Crippen LogP contribution in [0.1, 0.15) is 20.8 Å². The molecule has 2 aromatic rings. The van der Waals surface area contributed by atoms with Crippen molar-refractivity contribution in [2.24, 2.45) is 5.41 Å². The average Bonchev–Trinajstić information content (AvgIpc) is 2.81. The minimum absolute atomic E-state index is 0.0591. The molecule has 0 aliphatic carbocycles. The normalized spacial score (nSPS) is 11.4. The minimum Gasteiger partial charge on any atom is -0.324 e. The first-order chi connectivity index (χ1) is 8.89. The molecule has 0 spiro atoms. The molecule has 5 heteroatoms. The zero-order chi connectivity index (χ0) is 14.0. The fourth-order valence-electron chi connectivity index (χ4n) is 1.58. The molecule has 19 heavy (non-hydrogen) atoms. The summed E-state index contributed by atoms with van der Waals surface area (Å²) >= 11 is 6.22. The summed E-state index contributed by atoms with van der Waals surface area (Å²) in [6.45, 7) is 5.59. The lowest BCUT2D eigenvalue weighted by Gasteiger charge is -2.20. The van der Waals surface area contributed by atoms with Gasteiger partial charge in [-0.2, -0.15) is 0 Å². The molecule has 0 bridgehead atoms. The predicted octanol–water partition coefficient (Wildman–Crippen LogP) is 3.51. The number of carbonyl (C=O) groups excluding carboxylic acids is 1. The number of nitrogens with zero attached hydrogens (tertiary/aromatic N) is 2. The number of rotatable bonds is 2. The minimum atomic E-state index is -0.464. The predicted molar refractivity (Wildman–Crippen MR) is 76.7 cm³/mol. The van der Waals surface area contributed by atoms with Crippen molar-refractivity contribution in [3.8, 4) is 5.69 Å². The molecule has 0 saturated carbocycles. The van der Waals surface area contributed by atoms with E-state index < -0.39 is 5.41 Å². The first-order valence-electron chi connectivity index (χ1n) is 5.98. The fraction of sp³-hybridized carbons (Fsp3) is 0.286. The summed E-state index contributed by atoms with van der Waals surface area (Å²) in [4.78, 5) is 16.1. The van der Waals surface area contributed by atoms with Gasteiger partial charge < -0.3 is 9.88 Å².